The Hall–Kier alpha value is -1.11. The van der Waals surface area contributed by atoms with Crippen molar-refractivity contribution in [3.8, 4) is 5.75 Å². The van der Waals surface area contributed by atoms with Crippen LogP contribution in [0.15, 0.2) is 24.3 Å². The van der Waals surface area contributed by atoms with Crippen molar-refractivity contribution in [3.63, 3.8) is 0 Å². The van der Waals surface area contributed by atoms with Gasteiger partial charge in [-0.2, -0.15) is 8.42 Å². The van der Waals surface area contributed by atoms with Gasteiger partial charge in [-0.25, -0.2) is 0 Å². The predicted molar refractivity (Wildman–Crippen MR) is 103 cm³/mol. The smallest absolute Gasteiger partial charge is 0.264 e. The summed E-state index contributed by atoms with van der Waals surface area (Å²) in [6, 6.07) is 7.97. The monoisotopic (exact) mass is 371 g/mol. The molecule has 0 saturated carbocycles. The van der Waals surface area contributed by atoms with Crippen LogP contribution < -0.4 is 10.5 Å². The molecule has 1 rings (SSSR count). The Morgan fingerprint density at radius 3 is 2.32 bits per heavy atom. The molecule has 5 nitrogen and oxygen atoms in total. The van der Waals surface area contributed by atoms with E-state index in [1.165, 1.54) is 25.7 Å². The van der Waals surface area contributed by atoms with Gasteiger partial charge in [0.2, 0.25) is 0 Å². The van der Waals surface area contributed by atoms with Gasteiger partial charge in [0.25, 0.3) is 10.1 Å². The minimum atomic E-state index is -3.96. The van der Waals surface area contributed by atoms with Gasteiger partial charge >= 0.3 is 0 Å². The zero-order valence-electron chi connectivity index (χ0n) is 15.5. The Bertz CT molecular complexity index is 582. The first kappa shape index (κ1) is 21.9. The van der Waals surface area contributed by atoms with Crippen LogP contribution in [0, 0.1) is 0 Å². The van der Waals surface area contributed by atoms with Crippen molar-refractivity contribution < 1.29 is 17.7 Å². The van der Waals surface area contributed by atoms with Gasteiger partial charge in [0.05, 0.1) is 12.4 Å². The summed E-state index contributed by atoms with van der Waals surface area (Å²) in [7, 11) is -3.96. The Morgan fingerprint density at radius 1 is 1.08 bits per heavy atom. The topological polar surface area (TPSA) is 89.6 Å². The first-order chi connectivity index (χ1) is 11.7. The van der Waals surface area contributed by atoms with E-state index >= 15 is 0 Å². The Balaban J connectivity index is 2.31. The van der Waals surface area contributed by atoms with Gasteiger partial charge in [-0.05, 0) is 50.3 Å². The highest BCUT2D eigenvalue weighted by Gasteiger charge is 2.21. The second kappa shape index (κ2) is 10.8. The Labute approximate surface area is 152 Å². The predicted octanol–water partition coefficient (Wildman–Crippen LogP) is 3.96. The summed E-state index contributed by atoms with van der Waals surface area (Å²) in [5.41, 5.74) is 6.63. The maximum atomic E-state index is 10.8. The fraction of sp³-hybridized carbons (Fsp3) is 0.684. The zero-order chi connectivity index (χ0) is 18.8. The second-order valence-corrected chi connectivity index (χ2v) is 8.67. The maximum Gasteiger partial charge on any atom is 0.264 e. The molecule has 25 heavy (non-hydrogen) atoms. The highest BCUT2D eigenvalue weighted by atomic mass is 32.2. The van der Waals surface area contributed by atoms with E-state index in [2.05, 4.69) is 6.92 Å². The fourth-order valence-electron chi connectivity index (χ4n) is 2.57. The van der Waals surface area contributed by atoms with Crippen LogP contribution in [0.1, 0.15) is 64.4 Å². The van der Waals surface area contributed by atoms with E-state index < -0.39 is 15.7 Å². The van der Waals surface area contributed by atoms with E-state index in [1.807, 2.05) is 31.2 Å². The van der Waals surface area contributed by atoms with Gasteiger partial charge in [-0.3, -0.25) is 4.55 Å². The lowest BCUT2D eigenvalue weighted by atomic mass is 9.92. The molecule has 0 spiro atoms. The van der Waals surface area contributed by atoms with Gasteiger partial charge < -0.3 is 10.5 Å². The maximum absolute atomic E-state index is 10.8. The van der Waals surface area contributed by atoms with Crippen LogP contribution in [-0.4, -0.2) is 30.9 Å². The summed E-state index contributed by atoms with van der Waals surface area (Å²) in [6.07, 6.45) is 7.76. The molecule has 1 aromatic rings. The van der Waals surface area contributed by atoms with Crippen LogP contribution in [0.2, 0.25) is 0 Å². The third-order valence-electron chi connectivity index (χ3n) is 4.36. The number of hydrogen-bond acceptors (Lipinski definition) is 4. The highest BCUT2D eigenvalue weighted by molar-refractivity contribution is 7.85. The molecule has 0 radical (unpaired) electrons. The number of unbranched alkanes of at least 4 members (excludes halogenated alkanes) is 4. The molecule has 0 bridgehead atoms. The van der Waals surface area contributed by atoms with E-state index in [4.69, 9.17) is 15.0 Å². The molecule has 0 aliphatic carbocycles. The summed E-state index contributed by atoms with van der Waals surface area (Å²) < 4.78 is 36.2. The highest BCUT2D eigenvalue weighted by Crippen LogP contribution is 2.19. The Kier molecular flexibility index (Phi) is 9.46. The molecule has 0 saturated heterocycles. The van der Waals surface area contributed by atoms with Crippen LogP contribution in [0.25, 0.3) is 0 Å². The van der Waals surface area contributed by atoms with Crippen LogP contribution in [-0.2, 0) is 16.5 Å². The SMILES string of the molecule is CCCCCCCOc1ccc(CC[C@](C)(N)CCS(=O)(=O)O)cc1. The van der Waals surface area contributed by atoms with E-state index in [0.29, 0.717) is 6.42 Å². The van der Waals surface area contributed by atoms with Gasteiger partial charge in [0, 0.05) is 5.54 Å². The van der Waals surface area contributed by atoms with Crippen LogP contribution in [0.4, 0.5) is 0 Å². The molecular weight excluding hydrogens is 338 g/mol. The van der Waals surface area contributed by atoms with E-state index in [9.17, 15) is 8.42 Å². The standard InChI is InChI=1S/C19H33NO4S/c1-3-4-5-6-7-15-24-18-10-8-17(9-11-18)12-13-19(2,20)14-16-25(21,22)23/h8-11H,3-7,12-16,20H2,1-2H3,(H,21,22,23)/t19-/m0/s1. The largest absolute Gasteiger partial charge is 0.494 e. The van der Waals surface area contributed by atoms with E-state index in [-0.39, 0.29) is 12.2 Å². The normalized spacial score (nSPS) is 14.2. The van der Waals surface area contributed by atoms with Gasteiger partial charge in [0.15, 0.2) is 0 Å². The van der Waals surface area contributed by atoms with Crippen LogP contribution in [0.3, 0.4) is 0 Å². The van der Waals surface area contributed by atoms with Crippen molar-refractivity contribution in [3.05, 3.63) is 29.8 Å². The minimum absolute atomic E-state index is 0.241. The Morgan fingerprint density at radius 2 is 1.72 bits per heavy atom. The number of rotatable bonds is 13. The van der Waals surface area contributed by atoms with Gasteiger partial charge in [-0.1, -0.05) is 44.7 Å². The van der Waals surface area contributed by atoms with Crippen LogP contribution in [0.5, 0.6) is 5.75 Å². The summed E-state index contributed by atoms with van der Waals surface area (Å²) in [5, 5.41) is 0. The fourth-order valence-corrected chi connectivity index (χ4v) is 3.29. The number of ether oxygens (including phenoxy) is 1. The van der Waals surface area contributed by atoms with Crippen LogP contribution >= 0.6 is 0 Å². The number of benzene rings is 1. The summed E-state index contributed by atoms with van der Waals surface area (Å²) >= 11 is 0. The van der Waals surface area contributed by atoms with Gasteiger partial charge in [0.1, 0.15) is 5.75 Å². The average Bonchev–Trinajstić information content (AvgIpc) is 2.55. The quantitative estimate of drug-likeness (QED) is 0.404. The number of nitrogens with two attached hydrogens (primary N) is 1. The lowest BCUT2D eigenvalue weighted by Crippen LogP contribution is -2.38. The molecule has 3 N–H and O–H groups in total. The lowest BCUT2D eigenvalue weighted by molar-refractivity contribution is 0.304. The third-order valence-corrected chi connectivity index (χ3v) is 5.08. The summed E-state index contributed by atoms with van der Waals surface area (Å²) in [5.74, 6) is 0.575. The van der Waals surface area contributed by atoms with Gasteiger partial charge in [-0.15, -0.1) is 0 Å². The molecule has 1 atom stereocenters. The van der Waals surface area contributed by atoms with Crippen molar-refractivity contribution in [1.29, 1.82) is 0 Å². The molecule has 0 aromatic heterocycles. The molecule has 0 unspecified atom stereocenters. The van der Waals surface area contributed by atoms with Crippen molar-refractivity contribution in [2.45, 2.75) is 70.8 Å². The molecule has 1 aromatic carbocycles. The second-order valence-electron chi connectivity index (χ2n) is 7.10. The number of aryl methyl sites for hydroxylation is 1. The molecule has 0 aliphatic rings. The molecule has 0 amide bonds. The molecule has 0 fully saturated rings. The third kappa shape index (κ3) is 11.2. The van der Waals surface area contributed by atoms with Crippen molar-refractivity contribution >= 4 is 10.1 Å². The van der Waals surface area contributed by atoms with E-state index in [0.717, 1.165) is 30.8 Å². The molecular formula is C19H33NO4S. The molecule has 144 valence electrons. The zero-order valence-corrected chi connectivity index (χ0v) is 16.4. The first-order valence-corrected chi connectivity index (χ1v) is 10.8. The molecule has 6 heteroatoms. The average molecular weight is 372 g/mol. The molecule has 0 aliphatic heterocycles. The minimum Gasteiger partial charge on any atom is -0.494 e. The summed E-state index contributed by atoms with van der Waals surface area (Å²) in [4.78, 5) is 0. The van der Waals surface area contributed by atoms with Crippen molar-refractivity contribution in [1.82, 2.24) is 0 Å². The lowest BCUT2D eigenvalue weighted by Gasteiger charge is -2.24. The van der Waals surface area contributed by atoms with Crippen molar-refractivity contribution in [2.75, 3.05) is 12.4 Å². The van der Waals surface area contributed by atoms with E-state index in [1.54, 1.807) is 0 Å². The summed E-state index contributed by atoms with van der Waals surface area (Å²) in [6.45, 7) is 4.77. The number of hydrogen-bond donors (Lipinski definition) is 2. The van der Waals surface area contributed by atoms with Crippen molar-refractivity contribution in [2.24, 2.45) is 5.73 Å². The molecule has 0 heterocycles. The first-order valence-electron chi connectivity index (χ1n) is 9.18.